The summed E-state index contributed by atoms with van der Waals surface area (Å²) in [5, 5.41) is 0. The number of unbranched alkanes of at least 4 members (excludes halogenated alkanes) is 2. The second kappa shape index (κ2) is 8.44. The minimum atomic E-state index is -4.61. The monoisotopic (exact) mass is 202 g/mol. The van der Waals surface area contributed by atoms with E-state index in [0.29, 0.717) is 0 Å². The van der Waals surface area contributed by atoms with Crippen LogP contribution in [-0.2, 0) is 0 Å². The van der Waals surface area contributed by atoms with E-state index >= 15 is 0 Å². The SMILES string of the molecule is CCCCCCl.O[Si](O)(O)O. The molecule has 0 radical (unpaired) electrons. The van der Waals surface area contributed by atoms with Crippen LogP contribution in [0.2, 0.25) is 0 Å². The number of hydrogen-bond acceptors (Lipinski definition) is 4. The molecule has 11 heavy (non-hydrogen) atoms. The van der Waals surface area contributed by atoms with Crippen molar-refractivity contribution in [2.75, 3.05) is 5.88 Å². The van der Waals surface area contributed by atoms with Crippen LogP contribution in [0.25, 0.3) is 0 Å². The van der Waals surface area contributed by atoms with Crippen LogP contribution in [0.15, 0.2) is 0 Å². The minimum absolute atomic E-state index is 0.827. The van der Waals surface area contributed by atoms with Gasteiger partial charge < -0.3 is 19.2 Å². The molecule has 0 aromatic rings. The molecular weight excluding hydrogens is 188 g/mol. The molecule has 70 valence electrons. The third kappa shape index (κ3) is 64.4. The van der Waals surface area contributed by atoms with Crippen molar-refractivity contribution in [3.05, 3.63) is 0 Å². The zero-order chi connectivity index (χ0) is 9.33. The van der Waals surface area contributed by atoms with Gasteiger partial charge in [-0.25, -0.2) is 0 Å². The third-order valence-corrected chi connectivity index (χ3v) is 1.00. The Kier molecular flexibility index (Phi) is 10.7. The zero-order valence-corrected chi connectivity index (χ0v) is 8.25. The van der Waals surface area contributed by atoms with E-state index < -0.39 is 9.05 Å². The van der Waals surface area contributed by atoms with Gasteiger partial charge in [-0.1, -0.05) is 19.8 Å². The molecule has 4 nitrogen and oxygen atoms in total. The normalized spacial score (nSPS) is 10.4. The van der Waals surface area contributed by atoms with E-state index in [1.54, 1.807) is 0 Å². The largest absolute Gasteiger partial charge is 0.668 e. The molecular formula is C5H15ClO4Si. The Morgan fingerprint density at radius 3 is 1.55 bits per heavy atom. The summed E-state index contributed by atoms with van der Waals surface area (Å²) in [6.45, 7) is 2.17. The Bertz CT molecular complexity index is 65.4. The highest BCUT2D eigenvalue weighted by Crippen LogP contribution is 1.93. The highest BCUT2D eigenvalue weighted by Gasteiger charge is 2.22. The number of alkyl halides is 1. The number of halogens is 1. The second-order valence-electron chi connectivity index (χ2n) is 2.00. The van der Waals surface area contributed by atoms with E-state index in [9.17, 15) is 0 Å². The number of hydrogen-bond donors (Lipinski definition) is 4. The molecule has 0 atom stereocenters. The molecule has 0 aliphatic heterocycles. The van der Waals surface area contributed by atoms with Gasteiger partial charge in [0.05, 0.1) is 0 Å². The molecule has 0 aliphatic carbocycles. The maximum absolute atomic E-state index is 7.33. The quantitative estimate of drug-likeness (QED) is 0.291. The molecule has 0 bridgehead atoms. The minimum Gasteiger partial charge on any atom is -0.368 e. The Morgan fingerprint density at radius 1 is 1.09 bits per heavy atom. The van der Waals surface area contributed by atoms with Crippen molar-refractivity contribution < 1.29 is 19.2 Å². The summed E-state index contributed by atoms with van der Waals surface area (Å²) in [7, 11) is -4.61. The van der Waals surface area contributed by atoms with Gasteiger partial charge in [0, 0.05) is 5.88 Å². The molecule has 0 unspecified atom stereocenters. The first-order valence-electron chi connectivity index (χ1n) is 3.37. The Labute approximate surface area is 72.6 Å². The molecule has 0 aromatic heterocycles. The molecule has 0 aromatic carbocycles. The lowest BCUT2D eigenvalue weighted by Gasteiger charge is -1.91. The summed E-state index contributed by atoms with van der Waals surface area (Å²) in [4.78, 5) is 29.3. The average Bonchev–Trinajstić information content (AvgIpc) is 1.79. The predicted molar refractivity (Wildman–Crippen MR) is 44.9 cm³/mol. The average molecular weight is 203 g/mol. The van der Waals surface area contributed by atoms with Gasteiger partial charge in [0.25, 0.3) is 0 Å². The van der Waals surface area contributed by atoms with Gasteiger partial charge >= 0.3 is 9.05 Å². The van der Waals surface area contributed by atoms with Crippen LogP contribution < -0.4 is 0 Å². The summed E-state index contributed by atoms with van der Waals surface area (Å²) in [5.41, 5.74) is 0. The van der Waals surface area contributed by atoms with E-state index in [1.807, 2.05) is 0 Å². The Hall–Kier alpha value is 0.347. The molecule has 0 saturated carbocycles. The van der Waals surface area contributed by atoms with Crippen molar-refractivity contribution in [3.8, 4) is 0 Å². The topological polar surface area (TPSA) is 80.9 Å². The van der Waals surface area contributed by atoms with Crippen molar-refractivity contribution in [1.29, 1.82) is 0 Å². The van der Waals surface area contributed by atoms with E-state index in [1.165, 1.54) is 19.3 Å². The summed E-state index contributed by atoms with van der Waals surface area (Å²) < 4.78 is 0. The molecule has 4 N–H and O–H groups in total. The summed E-state index contributed by atoms with van der Waals surface area (Å²) in [6.07, 6.45) is 3.73. The summed E-state index contributed by atoms with van der Waals surface area (Å²) >= 11 is 5.38. The summed E-state index contributed by atoms with van der Waals surface area (Å²) in [6, 6.07) is 0. The first kappa shape index (κ1) is 13.9. The fourth-order valence-corrected chi connectivity index (χ4v) is 0.533. The van der Waals surface area contributed by atoms with Gasteiger partial charge in [-0.2, -0.15) is 0 Å². The van der Waals surface area contributed by atoms with Gasteiger partial charge in [0.2, 0.25) is 0 Å². The van der Waals surface area contributed by atoms with Crippen molar-refractivity contribution >= 4 is 20.6 Å². The van der Waals surface area contributed by atoms with Gasteiger partial charge in [0.15, 0.2) is 0 Å². The highest BCUT2D eigenvalue weighted by molar-refractivity contribution is 6.46. The lowest BCUT2D eigenvalue weighted by atomic mass is 10.3. The smallest absolute Gasteiger partial charge is 0.368 e. The molecule has 0 fully saturated rings. The van der Waals surface area contributed by atoms with Crippen LogP contribution in [0.3, 0.4) is 0 Å². The molecule has 0 aliphatic rings. The van der Waals surface area contributed by atoms with E-state index in [-0.39, 0.29) is 0 Å². The van der Waals surface area contributed by atoms with Crippen LogP contribution in [0, 0.1) is 0 Å². The predicted octanol–water partition coefficient (Wildman–Crippen LogP) is -0.193. The molecule has 0 rings (SSSR count). The molecule has 6 heteroatoms. The first-order valence-corrected chi connectivity index (χ1v) is 5.69. The maximum Gasteiger partial charge on any atom is 0.668 e. The number of rotatable bonds is 3. The molecule has 0 saturated heterocycles. The van der Waals surface area contributed by atoms with Crippen molar-refractivity contribution in [3.63, 3.8) is 0 Å². The lowest BCUT2D eigenvalue weighted by Crippen LogP contribution is -2.33. The fourth-order valence-electron chi connectivity index (χ4n) is 0.344. The molecule has 0 spiro atoms. The van der Waals surface area contributed by atoms with Crippen molar-refractivity contribution in [2.24, 2.45) is 0 Å². The van der Waals surface area contributed by atoms with Gasteiger partial charge in [-0.15, -0.1) is 11.6 Å². The Balaban J connectivity index is 0. The van der Waals surface area contributed by atoms with Crippen LogP contribution >= 0.6 is 11.6 Å². The second-order valence-corrected chi connectivity index (χ2v) is 3.57. The van der Waals surface area contributed by atoms with Gasteiger partial charge in [-0.05, 0) is 6.42 Å². The van der Waals surface area contributed by atoms with E-state index in [0.717, 1.165) is 5.88 Å². The van der Waals surface area contributed by atoms with Crippen LogP contribution in [-0.4, -0.2) is 34.1 Å². The first-order chi connectivity index (χ1) is 4.91. The highest BCUT2D eigenvalue weighted by atomic mass is 35.5. The Morgan fingerprint density at radius 2 is 1.45 bits per heavy atom. The van der Waals surface area contributed by atoms with Crippen LogP contribution in [0.5, 0.6) is 0 Å². The standard InChI is InChI=1S/C5H11Cl.H4O4Si/c1-2-3-4-5-6;1-5(2,3)4/h2-5H2,1H3;1-4H. The summed E-state index contributed by atoms with van der Waals surface area (Å²) in [5.74, 6) is 0.827. The lowest BCUT2D eigenvalue weighted by molar-refractivity contribution is 0.117. The fraction of sp³-hybridized carbons (Fsp3) is 1.00. The van der Waals surface area contributed by atoms with E-state index in [2.05, 4.69) is 6.92 Å². The molecule has 0 heterocycles. The van der Waals surface area contributed by atoms with E-state index in [4.69, 9.17) is 30.8 Å². The van der Waals surface area contributed by atoms with Gasteiger partial charge in [-0.3, -0.25) is 0 Å². The van der Waals surface area contributed by atoms with Crippen molar-refractivity contribution in [2.45, 2.75) is 26.2 Å². The van der Waals surface area contributed by atoms with Gasteiger partial charge in [0.1, 0.15) is 0 Å². The molecule has 0 amide bonds. The van der Waals surface area contributed by atoms with Crippen LogP contribution in [0.4, 0.5) is 0 Å². The van der Waals surface area contributed by atoms with Crippen LogP contribution in [0.1, 0.15) is 26.2 Å². The maximum atomic E-state index is 7.33. The zero-order valence-electron chi connectivity index (χ0n) is 6.50. The third-order valence-electron chi connectivity index (χ3n) is 0.737. The van der Waals surface area contributed by atoms with Crippen molar-refractivity contribution in [1.82, 2.24) is 0 Å².